The lowest BCUT2D eigenvalue weighted by atomic mass is 10.0. The van der Waals surface area contributed by atoms with E-state index in [0.717, 1.165) is 17.3 Å². The summed E-state index contributed by atoms with van der Waals surface area (Å²) in [5, 5.41) is 10.3. The van der Waals surface area contributed by atoms with Gasteiger partial charge in [-0.1, -0.05) is 17.7 Å². The van der Waals surface area contributed by atoms with Gasteiger partial charge in [0.1, 0.15) is 35.0 Å². The second-order valence-corrected chi connectivity index (χ2v) is 9.37. The van der Waals surface area contributed by atoms with E-state index in [0.29, 0.717) is 28.5 Å². The fraction of sp³-hybridized carbons (Fsp3) is 0.269. The maximum atomic E-state index is 13.8. The number of aromatic nitrogens is 5. The van der Waals surface area contributed by atoms with Crippen LogP contribution in [0.1, 0.15) is 42.1 Å². The van der Waals surface area contributed by atoms with Crippen molar-refractivity contribution in [3.8, 4) is 22.8 Å². The maximum Gasteiger partial charge on any atom is 0.277 e. The Bertz CT molecular complexity index is 1510. The molecule has 0 aromatic carbocycles. The average molecular weight is 510 g/mol. The van der Waals surface area contributed by atoms with Crippen LogP contribution in [0.5, 0.6) is 5.75 Å². The van der Waals surface area contributed by atoms with Gasteiger partial charge in [-0.25, -0.2) is 19.3 Å². The zero-order chi connectivity index (χ0) is 26.2. The highest BCUT2D eigenvalue weighted by atomic mass is 35.5. The lowest BCUT2D eigenvalue weighted by molar-refractivity contribution is 0.0739. The number of halogens is 2. The van der Waals surface area contributed by atoms with Crippen molar-refractivity contribution in [1.82, 2.24) is 24.5 Å². The Kier molecular flexibility index (Phi) is 6.88. The maximum absolute atomic E-state index is 13.8. The van der Waals surface area contributed by atoms with E-state index >= 15 is 0 Å². The average Bonchev–Trinajstić information content (AvgIpc) is 2.82. The number of aliphatic hydroxyl groups is 1. The van der Waals surface area contributed by atoms with E-state index in [1.54, 1.807) is 45.2 Å². The van der Waals surface area contributed by atoms with Crippen molar-refractivity contribution in [2.24, 2.45) is 0 Å². The highest BCUT2D eigenvalue weighted by Gasteiger charge is 2.21. The van der Waals surface area contributed by atoms with Crippen molar-refractivity contribution in [3.63, 3.8) is 0 Å². The minimum absolute atomic E-state index is 0.0497. The molecule has 4 rings (SSSR count). The summed E-state index contributed by atoms with van der Waals surface area (Å²) >= 11 is 6.39. The molecule has 4 aromatic heterocycles. The largest absolute Gasteiger partial charge is 0.485 e. The number of aryl methyl sites for hydroxylation is 3. The summed E-state index contributed by atoms with van der Waals surface area (Å²) in [5.74, 6) is -0.494. The van der Waals surface area contributed by atoms with Crippen LogP contribution >= 0.6 is 11.6 Å². The van der Waals surface area contributed by atoms with E-state index in [2.05, 4.69) is 19.9 Å². The van der Waals surface area contributed by atoms with Crippen LogP contribution in [0, 0.1) is 26.6 Å². The van der Waals surface area contributed by atoms with Gasteiger partial charge in [0, 0.05) is 18.0 Å². The Hall–Kier alpha value is -3.69. The van der Waals surface area contributed by atoms with E-state index < -0.39 is 17.0 Å². The highest BCUT2D eigenvalue weighted by molar-refractivity contribution is 6.31. The fourth-order valence-corrected chi connectivity index (χ4v) is 3.88. The second kappa shape index (κ2) is 9.75. The Morgan fingerprint density at radius 3 is 2.56 bits per heavy atom. The first kappa shape index (κ1) is 25.4. The lowest BCUT2D eigenvalue weighted by Crippen LogP contribution is -2.23. The van der Waals surface area contributed by atoms with E-state index in [-0.39, 0.29) is 23.1 Å². The summed E-state index contributed by atoms with van der Waals surface area (Å²) in [7, 11) is 0. The predicted octanol–water partition coefficient (Wildman–Crippen LogP) is 4.61. The van der Waals surface area contributed by atoms with Crippen molar-refractivity contribution >= 4 is 11.6 Å². The Labute approximate surface area is 212 Å². The molecule has 0 amide bonds. The summed E-state index contributed by atoms with van der Waals surface area (Å²) in [6.45, 7) is 8.60. The third-order valence-electron chi connectivity index (χ3n) is 5.69. The summed E-state index contributed by atoms with van der Waals surface area (Å²) in [6, 6.07) is 7.02. The molecule has 4 aromatic rings. The van der Waals surface area contributed by atoms with Gasteiger partial charge in [0.15, 0.2) is 5.82 Å². The van der Waals surface area contributed by atoms with Crippen LogP contribution in [-0.2, 0) is 12.2 Å². The van der Waals surface area contributed by atoms with Crippen molar-refractivity contribution in [1.29, 1.82) is 0 Å². The van der Waals surface area contributed by atoms with Gasteiger partial charge in [-0.15, -0.1) is 0 Å². The summed E-state index contributed by atoms with van der Waals surface area (Å²) < 4.78 is 20.9. The molecule has 10 heteroatoms. The van der Waals surface area contributed by atoms with Gasteiger partial charge in [0.05, 0.1) is 29.0 Å². The van der Waals surface area contributed by atoms with Crippen LogP contribution in [0.2, 0.25) is 5.02 Å². The molecule has 0 fully saturated rings. The molecule has 8 nitrogen and oxygen atoms in total. The molecule has 0 saturated carbocycles. The molecule has 0 radical (unpaired) electrons. The lowest BCUT2D eigenvalue weighted by Gasteiger charge is -2.19. The quantitative estimate of drug-likeness (QED) is 0.405. The molecule has 4 heterocycles. The van der Waals surface area contributed by atoms with Crippen LogP contribution in [-0.4, -0.2) is 29.6 Å². The molecule has 0 aliphatic rings. The van der Waals surface area contributed by atoms with Crippen molar-refractivity contribution in [2.75, 3.05) is 0 Å². The van der Waals surface area contributed by atoms with E-state index in [1.165, 1.54) is 10.9 Å². The molecule has 36 heavy (non-hydrogen) atoms. The van der Waals surface area contributed by atoms with Crippen LogP contribution in [0.3, 0.4) is 0 Å². The molecule has 1 N–H and O–H groups in total. The van der Waals surface area contributed by atoms with E-state index in [9.17, 15) is 14.3 Å². The van der Waals surface area contributed by atoms with Gasteiger partial charge in [0.25, 0.3) is 5.56 Å². The smallest absolute Gasteiger partial charge is 0.277 e. The van der Waals surface area contributed by atoms with Crippen LogP contribution < -0.4 is 10.3 Å². The van der Waals surface area contributed by atoms with Crippen molar-refractivity contribution in [3.05, 3.63) is 92.4 Å². The molecular formula is C26H25ClFN5O3. The number of ether oxygens (including phenoxy) is 1. The molecular weight excluding hydrogens is 485 g/mol. The number of hydrogen-bond acceptors (Lipinski definition) is 7. The number of nitrogens with zero attached hydrogens (tertiary/aromatic N) is 5. The first-order chi connectivity index (χ1) is 17.0. The zero-order valence-electron chi connectivity index (χ0n) is 20.5. The van der Waals surface area contributed by atoms with Crippen LogP contribution in [0.25, 0.3) is 17.1 Å². The van der Waals surface area contributed by atoms with Gasteiger partial charge in [-0.2, -0.15) is 0 Å². The molecule has 0 saturated heterocycles. The Balaban J connectivity index is 1.76. The number of pyridine rings is 3. The van der Waals surface area contributed by atoms with Crippen molar-refractivity contribution < 1.29 is 14.2 Å². The molecule has 0 unspecified atom stereocenters. The predicted molar refractivity (Wildman–Crippen MR) is 134 cm³/mol. The minimum atomic E-state index is -1.12. The topological polar surface area (TPSA) is 103 Å². The van der Waals surface area contributed by atoms with Gasteiger partial charge in [-0.3, -0.25) is 14.3 Å². The van der Waals surface area contributed by atoms with Crippen LogP contribution in [0.15, 0.2) is 47.8 Å². The number of hydrogen-bond donors (Lipinski definition) is 1. The van der Waals surface area contributed by atoms with Gasteiger partial charge >= 0.3 is 0 Å². The third kappa shape index (κ3) is 4.98. The molecule has 0 aliphatic heterocycles. The monoisotopic (exact) mass is 509 g/mol. The number of rotatable bonds is 6. The Morgan fingerprint density at radius 2 is 1.86 bits per heavy atom. The first-order valence-corrected chi connectivity index (χ1v) is 11.5. The molecule has 186 valence electrons. The Morgan fingerprint density at radius 1 is 1.11 bits per heavy atom. The normalized spacial score (nSPS) is 11.6. The fourth-order valence-electron chi connectivity index (χ4n) is 3.69. The minimum Gasteiger partial charge on any atom is -0.485 e. The van der Waals surface area contributed by atoms with E-state index in [4.69, 9.17) is 16.3 Å². The van der Waals surface area contributed by atoms with E-state index in [1.807, 2.05) is 19.9 Å². The summed E-state index contributed by atoms with van der Waals surface area (Å²) in [6.07, 6.45) is 3.91. The van der Waals surface area contributed by atoms with Gasteiger partial charge in [-0.05, 0) is 57.9 Å². The molecule has 0 bridgehead atoms. The molecule has 0 aliphatic carbocycles. The highest BCUT2D eigenvalue weighted by Crippen LogP contribution is 2.29. The van der Waals surface area contributed by atoms with Gasteiger partial charge in [0.2, 0.25) is 0 Å². The summed E-state index contributed by atoms with van der Waals surface area (Å²) in [5.41, 5.74) is 2.82. The SMILES string of the molecule is Cc1cnc(-c2nc(C(C)(C)O)ccc2C)cc1-n1c(C)cc(OCc2ncncc2F)c(Cl)c1=O. The van der Waals surface area contributed by atoms with Gasteiger partial charge < -0.3 is 9.84 Å². The molecule has 0 atom stereocenters. The third-order valence-corrected chi connectivity index (χ3v) is 6.04. The zero-order valence-corrected chi connectivity index (χ0v) is 21.3. The summed E-state index contributed by atoms with van der Waals surface area (Å²) in [4.78, 5) is 29.9. The second-order valence-electron chi connectivity index (χ2n) is 8.99. The molecule has 0 spiro atoms. The standard InChI is InChI=1S/C26H25ClFN5O3/c1-14-6-7-22(26(4,5)35)32-24(14)18-9-20(15(2)10-30-18)33-16(3)8-21(23(27)25(33)34)36-12-19-17(28)11-29-13-31-19/h6-11,13,35H,12H2,1-5H3. The first-order valence-electron chi connectivity index (χ1n) is 11.1. The van der Waals surface area contributed by atoms with Crippen molar-refractivity contribution in [2.45, 2.75) is 46.8 Å². The van der Waals surface area contributed by atoms with Crippen LogP contribution in [0.4, 0.5) is 4.39 Å².